The van der Waals surface area contributed by atoms with Gasteiger partial charge in [-0.25, -0.2) is 13.1 Å². The predicted molar refractivity (Wildman–Crippen MR) is 129 cm³/mol. The van der Waals surface area contributed by atoms with Crippen molar-refractivity contribution in [3.8, 4) is 11.4 Å². The summed E-state index contributed by atoms with van der Waals surface area (Å²) in [7, 11) is -2.38. The lowest BCUT2D eigenvalue weighted by Crippen LogP contribution is -2.17. The van der Waals surface area contributed by atoms with Crippen molar-refractivity contribution >= 4 is 27.6 Å². The number of para-hydroxylation sites is 2. The van der Waals surface area contributed by atoms with Crippen LogP contribution in [-0.4, -0.2) is 31.5 Å². The van der Waals surface area contributed by atoms with Crippen molar-refractivity contribution in [2.45, 2.75) is 11.8 Å². The highest BCUT2D eigenvalue weighted by molar-refractivity contribution is 7.92. The zero-order chi connectivity index (χ0) is 23.4. The monoisotopic (exact) mass is 462 g/mol. The van der Waals surface area contributed by atoms with Gasteiger partial charge in [-0.05, 0) is 49.4 Å². The zero-order valence-corrected chi connectivity index (χ0v) is 18.8. The first-order valence-corrected chi connectivity index (χ1v) is 11.5. The molecule has 0 unspecified atom stereocenters. The van der Waals surface area contributed by atoms with Gasteiger partial charge in [-0.1, -0.05) is 36.4 Å². The first kappa shape index (κ1) is 22.1. The van der Waals surface area contributed by atoms with Crippen molar-refractivity contribution in [1.29, 1.82) is 0 Å². The molecule has 4 rings (SSSR count). The smallest absolute Gasteiger partial charge is 0.280 e. The van der Waals surface area contributed by atoms with E-state index in [-0.39, 0.29) is 16.1 Å². The van der Waals surface area contributed by atoms with E-state index in [2.05, 4.69) is 14.8 Å². The molecule has 3 aromatic carbocycles. The maximum Gasteiger partial charge on any atom is 0.280 e. The van der Waals surface area contributed by atoms with E-state index >= 15 is 0 Å². The van der Waals surface area contributed by atoms with Gasteiger partial charge in [0.05, 0.1) is 23.3 Å². The molecule has 0 aliphatic rings. The third-order valence-corrected chi connectivity index (χ3v) is 6.33. The van der Waals surface area contributed by atoms with Gasteiger partial charge in [0.15, 0.2) is 0 Å². The zero-order valence-electron chi connectivity index (χ0n) is 18.0. The van der Waals surface area contributed by atoms with Crippen LogP contribution in [0.1, 0.15) is 11.3 Å². The fourth-order valence-electron chi connectivity index (χ4n) is 3.26. The number of nitrogens with one attached hydrogen (secondary N) is 2. The van der Waals surface area contributed by atoms with Gasteiger partial charge in [-0.3, -0.25) is 19.6 Å². The van der Waals surface area contributed by atoms with Gasteiger partial charge in [-0.15, -0.1) is 0 Å². The average molecular weight is 463 g/mol. The number of nitrogens with zero attached hydrogens (tertiary/aromatic N) is 2. The van der Waals surface area contributed by atoms with E-state index in [4.69, 9.17) is 4.74 Å². The fourth-order valence-corrected chi connectivity index (χ4v) is 4.34. The molecule has 0 spiro atoms. The number of hydrogen-bond acceptors (Lipinski definition) is 5. The minimum Gasteiger partial charge on any atom is -0.494 e. The number of hydrogen-bond donors (Lipinski definition) is 2. The first-order chi connectivity index (χ1) is 15.9. The Morgan fingerprint density at radius 1 is 1.00 bits per heavy atom. The Labute approximate surface area is 191 Å². The Morgan fingerprint density at radius 2 is 1.67 bits per heavy atom. The Morgan fingerprint density at radius 3 is 2.33 bits per heavy atom. The summed E-state index contributed by atoms with van der Waals surface area (Å²) >= 11 is 0. The number of aliphatic imine (C=N–C) groups is 1. The normalized spacial score (nSPS) is 11.6. The van der Waals surface area contributed by atoms with Crippen LogP contribution in [0.5, 0.6) is 5.75 Å². The summed E-state index contributed by atoms with van der Waals surface area (Å²) in [6.07, 6.45) is 1.41. The number of aromatic amines is 1. The summed E-state index contributed by atoms with van der Waals surface area (Å²) < 4.78 is 35.0. The van der Waals surface area contributed by atoms with Gasteiger partial charge in [0.1, 0.15) is 11.4 Å². The lowest BCUT2D eigenvalue weighted by Gasteiger charge is -2.10. The molecule has 0 fully saturated rings. The van der Waals surface area contributed by atoms with Crippen molar-refractivity contribution in [2.24, 2.45) is 4.99 Å². The van der Waals surface area contributed by atoms with E-state index in [1.165, 1.54) is 36.2 Å². The molecule has 168 valence electrons. The molecule has 33 heavy (non-hydrogen) atoms. The van der Waals surface area contributed by atoms with Crippen LogP contribution >= 0.6 is 0 Å². The maximum absolute atomic E-state index is 12.9. The number of rotatable bonds is 7. The Balaban J connectivity index is 1.69. The van der Waals surface area contributed by atoms with Gasteiger partial charge in [0.2, 0.25) is 0 Å². The quantitative estimate of drug-likeness (QED) is 0.405. The summed E-state index contributed by atoms with van der Waals surface area (Å²) in [5.74, 6) is 0.376. The third-order valence-electron chi connectivity index (χ3n) is 4.95. The summed E-state index contributed by atoms with van der Waals surface area (Å²) in [5.41, 5.74) is 2.14. The van der Waals surface area contributed by atoms with Gasteiger partial charge in [0.25, 0.3) is 15.6 Å². The number of ether oxygens (including phenoxy) is 1. The second kappa shape index (κ2) is 9.17. The molecule has 0 amide bonds. The van der Waals surface area contributed by atoms with Gasteiger partial charge < -0.3 is 4.74 Å². The number of H-pyrrole nitrogens is 1. The molecule has 9 heteroatoms. The van der Waals surface area contributed by atoms with Crippen molar-refractivity contribution < 1.29 is 13.2 Å². The highest BCUT2D eigenvalue weighted by Crippen LogP contribution is 2.31. The number of aromatic nitrogens is 2. The third kappa shape index (κ3) is 4.73. The van der Waals surface area contributed by atoms with Crippen molar-refractivity contribution in [3.63, 3.8) is 0 Å². The lowest BCUT2D eigenvalue weighted by molar-refractivity contribution is 0.416. The van der Waals surface area contributed by atoms with E-state index < -0.39 is 10.0 Å². The molecule has 0 bridgehead atoms. The van der Waals surface area contributed by atoms with Gasteiger partial charge in [0, 0.05) is 17.6 Å². The molecule has 0 aliphatic carbocycles. The Bertz CT molecular complexity index is 1460. The molecule has 0 aliphatic heterocycles. The van der Waals surface area contributed by atoms with Crippen LogP contribution in [0, 0.1) is 6.92 Å². The first-order valence-electron chi connectivity index (χ1n) is 10.1. The second-order valence-electron chi connectivity index (χ2n) is 7.19. The van der Waals surface area contributed by atoms with Crippen LogP contribution in [0.25, 0.3) is 5.69 Å². The van der Waals surface area contributed by atoms with Crippen LogP contribution in [-0.2, 0) is 10.0 Å². The van der Waals surface area contributed by atoms with Crippen LogP contribution < -0.4 is 15.0 Å². The largest absolute Gasteiger partial charge is 0.494 e. The minimum atomic E-state index is -3.84. The number of aryl methyl sites for hydroxylation is 1. The van der Waals surface area contributed by atoms with E-state index in [9.17, 15) is 13.2 Å². The molecule has 8 nitrogen and oxygen atoms in total. The standard InChI is InChI=1S/C24H22N4O4S/c1-17-21(24(29)28(26-17)19-11-7-4-8-12-19)16-25-22-15-20(13-14-23(22)32-2)33(30,31)27-18-9-5-3-6-10-18/h3-16,26-27H,1-2H3. The van der Waals surface area contributed by atoms with E-state index in [1.807, 2.05) is 30.3 Å². The molecule has 0 atom stereocenters. The SMILES string of the molecule is COc1ccc(S(=O)(=O)Nc2ccccc2)cc1N=Cc1c(C)[nH]n(-c2ccccc2)c1=O. The number of methoxy groups -OCH3 is 1. The van der Waals surface area contributed by atoms with E-state index in [0.29, 0.717) is 28.4 Å². The Kier molecular flexibility index (Phi) is 6.14. The summed E-state index contributed by atoms with van der Waals surface area (Å²) in [6.45, 7) is 1.77. The highest BCUT2D eigenvalue weighted by atomic mass is 32.2. The summed E-state index contributed by atoms with van der Waals surface area (Å²) in [6, 6.07) is 22.1. The number of benzene rings is 3. The topological polar surface area (TPSA) is 106 Å². The molecule has 2 N–H and O–H groups in total. The molecule has 1 aromatic heterocycles. The number of sulfonamides is 1. The lowest BCUT2D eigenvalue weighted by atomic mass is 10.2. The van der Waals surface area contributed by atoms with E-state index in [0.717, 1.165) is 0 Å². The average Bonchev–Trinajstić information content (AvgIpc) is 3.11. The highest BCUT2D eigenvalue weighted by Gasteiger charge is 2.17. The van der Waals surface area contributed by atoms with Crippen LogP contribution in [0.3, 0.4) is 0 Å². The molecular weight excluding hydrogens is 440 g/mol. The van der Waals surface area contributed by atoms with Crippen molar-refractivity contribution in [2.75, 3.05) is 11.8 Å². The van der Waals surface area contributed by atoms with Gasteiger partial charge in [-0.2, -0.15) is 0 Å². The number of anilines is 1. The van der Waals surface area contributed by atoms with Crippen molar-refractivity contribution in [3.05, 3.63) is 100 Å². The van der Waals surface area contributed by atoms with Crippen LogP contribution in [0.15, 0.2) is 93.5 Å². The van der Waals surface area contributed by atoms with Crippen LogP contribution in [0.2, 0.25) is 0 Å². The molecule has 0 radical (unpaired) electrons. The molecule has 4 aromatic rings. The van der Waals surface area contributed by atoms with Crippen LogP contribution in [0.4, 0.5) is 11.4 Å². The maximum atomic E-state index is 12.9. The summed E-state index contributed by atoms with van der Waals surface area (Å²) in [5, 5.41) is 3.03. The minimum absolute atomic E-state index is 0.0202. The second-order valence-corrected chi connectivity index (χ2v) is 8.87. The summed E-state index contributed by atoms with van der Waals surface area (Å²) in [4.78, 5) is 17.3. The molecular formula is C24H22N4O4S. The fraction of sp³-hybridized carbons (Fsp3) is 0.0833. The molecule has 0 saturated carbocycles. The predicted octanol–water partition coefficient (Wildman–Crippen LogP) is 4.03. The van der Waals surface area contributed by atoms with E-state index in [1.54, 1.807) is 37.3 Å². The Hall–Kier alpha value is -4.11. The van der Waals surface area contributed by atoms with Gasteiger partial charge >= 0.3 is 0 Å². The molecule has 0 saturated heterocycles. The molecule has 1 heterocycles. The van der Waals surface area contributed by atoms with Crippen molar-refractivity contribution in [1.82, 2.24) is 9.78 Å².